The molecule has 0 aliphatic heterocycles. The quantitative estimate of drug-likeness (QED) is 0.693. The fraction of sp³-hybridized carbons (Fsp3) is 0.391. The van der Waals surface area contributed by atoms with Crippen LogP contribution in [0.4, 0.5) is 8.78 Å². The molecule has 154 valence electrons. The van der Waals surface area contributed by atoms with Crippen molar-refractivity contribution in [2.75, 3.05) is 13.1 Å². The first-order valence-corrected chi connectivity index (χ1v) is 10.2. The maximum Gasteiger partial charge on any atom is 0.257 e. The number of nitrogens with one attached hydrogen (secondary N) is 1. The summed E-state index contributed by atoms with van der Waals surface area (Å²) in [6, 6.07) is 11.9. The van der Waals surface area contributed by atoms with Gasteiger partial charge in [0.1, 0.15) is 11.6 Å². The largest absolute Gasteiger partial charge is 0.352 e. The summed E-state index contributed by atoms with van der Waals surface area (Å²) in [7, 11) is 0. The Labute approximate surface area is 169 Å². The molecule has 0 aromatic heterocycles. The monoisotopic (exact) mass is 400 g/mol. The van der Waals surface area contributed by atoms with E-state index in [2.05, 4.69) is 5.32 Å². The lowest BCUT2D eigenvalue weighted by Crippen LogP contribution is -2.43. The Morgan fingerprint density at radius 1 is 0.897 bits per heavy atom. The van der Waals surface area contributed by atoms with Crippen LogP contribution in [-0.2, 0) is 0 Å². The Hall–Kier alpha value is -2.76. The smallest absolute Gasteiger partial charge is 0.257 e. The standard InChI is InChI=1S/C23H26F2N2O2/c24-20-13-6-4-11-18(20)22(28)26-15-8-16-27(17-9-2-1-3-10-17)23(29)19-12-5-7-14-21(19)25/h4-7,11-14,17H,1-3,8-10,15-16H2,(H,26,28). The second kappa shape index (κ2) is 10.1. The van der Waals surface area contributed by atoms with E-state index in [9.17, 15) is 18.4 Å². The minimum atomic E-state index is -0.566. The van der Waals surface area contributed by atoms with Gasteiger partial charge in [-0.3, -0.25) is 9.59 Å². The molecule has 1 saturated carbocycles. The zero-order chi connectivity index (χ0) is 20.6. The van der Waals surface area contributed by atoms with Crippen LogP contribution in [0.25, 0.3) is 0 Å². The average molecular weight is 400 g/mol. The van der Waals surface area contributed by atoms with Crippen molar-refractivity contribution in [1.82, 2.24) is 10.2 Å². The number of hydrogen-bond acceptors (Lipinski definition) is 2. The SMILES string of the molecule is O=C(NCCCN(C(=O)c1ccccc1F)C1CCCCC1)c1ccccc1F. The molecule has 0 heterocycles. The molecular weight excluding hydrogens is 374 g/mol. The summed E-state index contributed by atoms with van der Waals surface area (Å²) in [6.07, 6.45) is 5.57. The molecule has 1 N–H and O–H groups in total. The molecule has 1 fully saturated rings. The van der Waals surface area contributed by atoms with Gasteiger partial charge in [-0.05, 0) is 43.5 Å². The summed E-state index contributed by atoms with van der Waals surface area (Å²) in [4.78, 5) is 26.9. The minimum Gasteiger partial charge on any atom is -0.352 e. The Bertz CT molecular complexity index is 850. The molecule has 1 aliphatic carbocycles. The molecule has 4 nitrogen and oxygen atoms in total. The van der Waals surface area contributed by atoms with Crippen molar-refractivity contribution in [2.24, 2.45) is 0 Å². The highest BCUT2D eigenvalue weighted by Gasteiger charge is 2.27. The number of carbonyl (C=O) groups excluding carboxylic acids is 2. The van der Waals surface area contributed by atoms with Crippen LogP contribution in [0.5, 0.6) is 0 Å². The number of hydrogen-bond donors (Lipinski definition) is 1. The van der Waals surface area contributed by atoms with Gasteiger partial charge in [-0.2, -0.15) is 0 Å². The number of benzene rings is 2. The summed E-state index contributed by atoms with van der Waals surface area (Å²) in [5, 5.41) is 2.70. The van der Waals surface area contributed by atoms with Crippen molar-refractivity contribution in [2.45, 2.75) is 44.6 Å². The Kier molecular flexibility index (Phi) is 7.33. The lowest BCUT2D eigenvalue weighted by molar-refractivity contribution is 0.0626. The maximum atomic E-state index is 14.1. The molecular formula is C23H26F2N2O2. The Morgan fingerprint density at radius 2 is 1.48 bits per heavy atom. The van der Waals surface area contributed by atoms with Crippen LogP contribution in [0.15, 0.2) is 48.5 Å². The van der Waals surface area contributed by atoms with Crippen LogP contribution in [0.1, 0.15) is 59.2 Å². The van der Waals surface area contributed by atoms with Crippen LogP contribution in [-0.4, -0.2) is 35.8 Å². The molecule has 0 saturated heterocycles. The predicted molar refractivity (Wildman–Crippen MR) is 108 cm³/mol. The van der Waals surface area contributed by atoms with Crippen LogP contribution in [0.3, 0.4) is 0 Å². The van der Waals surface area contributed by atoms with E-state index in [0.29, 0.717) is 19.5 Å². The van der Waals surface area contributed by atoms with Crippen LogP contribution in [0, 0.1) is 11.6 Å². The van der Waals surface area contributed by atoms with Crippen molar-refractivity contribution in [1.29, 1.82) is 0 Å². The minimum absolute atomic E-state index is 0.000861. The van der Waals surface area contributed by atoms with Gasteiger partial charge in [-0.25, -0.2) is 8.78 Å². The summed E-state index contributed by atoms with van der Waals surface area (Å²) in [5.74, 6) is -1.88. The maximum absolute atomic E-state index is 14.1. The average Bonchev–Trinajstić information content (AvgIpc) is 2.74. The van der Waals surface area contributed by atoms with Crippen LogP contribution < -0.4 is 5.32 Å². The topological polar surface area (TPSA) is 49.4 Å². The highest BCUT2D eigenvalue weighted by atomic mass is 19.1. The van der Waals surface area contributed by atoms with E-state index in [1.807, 2.05) is 0 Å². The highest BCUT2D eigenvalue weighted by molar-refractivity contribution is 5.95. The Balaban J connectivity index is 1.61. The molecule has 29 heavy (non-hydrogen) atoms. The molecule has 0 bridgehead atoms. The molecule has 2 aromatic carbocycles. The lowest BCUT2D eigenvalue weighted by Gasteiger charge is -2.34. The first kappa shape index (κ1) is 21.0. The van der Waals surface area contributed by atoms with Crippen LogP contribution >= 0.6 is 0 Å². The number of nitrogens with zero attached hydrogens (tertiary/aromatic N) is 1. The zero-order valence-corrected chi connectivity index (χ0v) is 16.4. The zero-order valence-electron chi connectivity index (χ0n) is 16.4. The van der Waals surface area contributed by atoms with Crippen molar-refractivity contribution in [3.05, 3.63) is 71.3 Å². The second-order valence-corrected chi connectivity index (χ2v) is 7.36. The van der Waals surface area contributed by atoms with Gasteiger partial charge in [0.2, 0.25) is 0 Å². The van der Waals surface area contributed by atoms with Crippen molar-refractivity contribution in [3.8, 4) is 0 Å². The van der Waals surface area contributed by atoms with E-state index >= 15 is 0 Å². The van der Waals surface area contributed by atoms with Gasteiger partial charge in [-0.15, -0.1) is 0 Å². The van der Waals surface area contributed by atoms with E-state index in [1.54, 1.807) is 23.1 Å². The number of amides is 2. The normalized spacial score (nSPS) is 14.4. The van der Waals surface area contributed by atoms with E-state index in [-0.39, 0.29) is 23.1 Å². The summed E-state index contributed by atoms with van der Waals surface area (Å²) < 4.78 is 27.8. The fourth-order valence-electron chi connectivity index (χ4n) is 3.82. The van der Waals surface area contributed by atoms with Crippen molar-refractivity contribution >= 4 is 11.8 Å². The highest BCUT2D eigenvalue weighted by Crippen LogP contribution is 2.25. The molecule has 0 atom stereocenters. The van der Waals surface area contributed by atoms with E-state index < -0.39 is 17.5 Å². The molecule has 1 aliphatic rings. The first-order chi connectivity index (χ1) is 14.1. The molecule has 0 unspecified atom stereocenters. The van der Waals surface area contributed by atoms with Gasteiger partial charge in [0.25, 0.3) is 11.8 Å². The second-order valence-electron chi connectivity index (χ2n) is 7.36. The first-order valence-electron chi connectivity index (χ1n) is 10.2. The van der Waals surface area contributed by atoms with E-state index in [1.165, 1.54) is 30.3 Å². The predicted octanol–water partition coefficient (Wildman–Crippen LogP) is 4.56. The van der Waals surface area contributed by atoms with E-state index in [0.717, 1.165) is 32.1 Å². The Morgan fingerprint density at radius 3 is 2.10 bits per heavy atom. The van der Waals surface area contributed by atoms with Gasteiger partial charge in [0.05, 0.1) is 11.1 Å². The third-order valence-corrected chi connectivity index (χ3v) is 5.36. The summed E-state index contributed by atoms with van der Waals surface area (Å²) in [5.41, 5.74) is 0.0764. The lowest BCUT2D eigenvalue weighted by atomic mass is 9.93. The van der Waals surface area contributed by atoms with Gasteiger partial charge in [0.15, 0.2) is 0 Å². The molecule has 3 rings (SSSR count). The molecule has 6 heteroatoms. The van der Waals surface area contributed by atoms with E-state index in [4.69, 9.17) is 0 Å². The third kappa shape index (κ3) is 5.40. The van der Waals surface area contributed by atoms with Gasteiger partial charge in [-0.1, -0.05) is 43.5 Å². The molecule has 0 radical (unpaired) electrons. The number of rotatable bonds is 7. The third-order valence-electron chi connectivity index (χ3n) is 5.36. The fourth-order valence-corrected chi connectivity index (χ4v) is 3.82. The van der Waals surface area contributed by atoms with Gasteiger partial charge >= 0.3 is 0 Å². The molecule has 2 aromatic rings. The number of carbonyl (C=O) groups is 2. The van der Waals surface area contributed by atoms with Crippen molar-refractivity contribution < 1.29 is 18.4 Å². The van der Waals surface area contributed by atoms with Gasteiger partial charge in [0, 0.05) is 19.1 Å². The molecule has 0 spiro atoms. The summed E-state index contributed by atoms with van der Waals surface area (Å²) >= 11 is 0. The van der Waals surface area contributed by atoms with Crippen molar-refractivity contribution in [3.63, 3.8) is 0 Å². The summed E-state index contributed by atoms with van der Waals surface area (Å²) in [6.45, 7) is 0.719. The van der Waals surface area contributed by atoms with Crippen LogP contribution in [0.2, 0.25) is 0 Å². The molecule has 2 amide bonds. The van der Waals surface area contributed by atoms with Gasteiger partial charge < -0.3 is 10.2 Å². The number of halogens is 2.